The number of anilines is 1. The van der Waals surface area contributed by atoms with Crippen LogP contribution in [0.1, 0.15) is 38.7 Å². The number of carbonyl (C=O) groups excluding carboxylic acids is 2. The second-order valence-corrected chi connectivity index (χ2v) is 12.7. The summed E-state index contributed by atoms with van der Waals surface area (Å²) in [6.07, 6.45) is 5.31. The van der Waals surface area contributed by atoms with Gasteiger partial charge in [0, 0.05) is 80.6 Å². The van der Waals surface area contributed by atoms with Crippen LogP contribution in [0.3, 0.4) is 0 Å². The van der Waals surface area contributed by atoms with Crippen LogP contribution in [-0.2, 0) is 9.59 Å². The zero-order chi connectivity index (χ0) is 38.0. The molecule has 2 amide bonds. The van der Waals surface area contributed by atoms with Crippen molar-refractivity contribution in [2.24, 2.45) is 16.4 Å². The first-order chi connectivity index (χ1) is 25.6. The Kier molecular flexibility index (Phi) is 12.8. The summed E-state index contributed by atoms with van der Waals surface area (Å²) in [6, 6.07) is 15.2. The van der Waals surface area contributed by atoms with E-state index in [1.165, 1.54) is 29.2 Å². The number of nitrogens with zero attached hydrogens (tertiary/aromatic N) is 6. The third kappa shape index (κ3) is 9.17. The van der Waals surface area contributed by atoms with Gasteiger partial charge in [-0.1, -0.05) is 38.2 Å². The standard InChI is InChI=1S/C37H38F4N8O2.C2H6/c38-29-11-6-27(7-12-29)33(46-42)26-4-1-2-5-30(13-8-26)45-35(51)36(37(39,40)41)16-19-47(25-36)24-32(50)49-22-20-48(21-23-49)31-14-9-28(10-15-31)34-43-17-3-18-44-34;1-2/h1-4,6-7,9-15,17-18H,5,8,16,19-25,42H2,(H,45,51);1-2H3/b2-1?,26-4+,30-13+,46-33+;. The minimum Gasteiger partial charge on any atom is -0.368 e. The molecule has 280 valence electrons. The van der Waals surface area contributed by atoms with Crippen molar-refractivity contribution >= 4 is 23.2 Å². The Hall–Kier alpha value is -5.37. The number of allylic oxidation sites excluding steroid dienone is 5. The molecule has 1 aliphatic carbocycles. The number of aromatic nitrogens is 2. The number of halogens is 4. The molecular formula is C39H44F4N8O2. The van der Waals surface area contributed by atoms with Crippen LogP contribution in [0, 0.1) is 11.2 Å². The Labute approximate surface area is 306 Å². The van der Waals surface area contributed by atoms with Crippen LogP contribution < -0.4 is 16.1 Å². The van der Waals surface area contributed by atoms with Crippen molar-refractivity contribution < 1.29 is 27.2 Å². The van der Waals surface area contributed by atoms with Crippen molar-refractivity contribution in [3.05, 3.63) is 114 Å². The van der Waals surface area contributed by atoms with Gasteiger partial charge in [-0.3, -0.25) is 14.5 Å². The molecule has 0 bridgehead atoms. The van der Waals surface area contributed by atoms with Gasteiger partial charge in [0.05, 0.1) is 12.3 Å². The lowest BCUT2D eigenvalue weighted by Crippen LogP contribution is -2.53. The van der Waals surface area contributed by atoms with Crippen LogP contribution >= 0.6 is 0 Å². The summed E-state index contributed by atoms with van der Waals surface area (Å²) in [7, 11) is 0. The van der Waals surface area contributed by atoms with E-state index in [0.29, 0.717) is 54.5 Å². The van der Waals surface area contributed by atoms with Gasteiger partial charge >= 0.3 is 6.18 Å². The molecule has 1 atom stereocenters. The Morgan fingerprint density at radius 3 is 2.26 bits per heavy atom. The molecule has 1 unspecified atom stereocenters. The maximum atomic E-state index is 14.7. The number of nitrogens with two attached hydrogens (primary N) is 1. The van der Waals surface area contributed by atoms with Gasteiger partial charge in [-0.05, 0) is 73.0 Å². The molecule has 2 fully saturated rings. The number of alkyl halides is 3. The molecule has 14 heteroatoms. The predicted molar refractivity (Wildman–Crippen MR) is 197 cm³/mol. The minimum absolute atomic E-state index is 0.0457. The number of benzene rings is 2. The summed E-state index contributed by atoms with van der Waals surface area (Å²) in [4.78, 5) is 40.5. The van der Waals surface area contributed by atoms with Gasteiger partial charge in [0.15, 0.2) is 11.2 Å². The van der Waals surface area contributed by atoms with E-state index in [2.05, 4.69) is 25.3 Å². The van der Waals surface area contributed by atoms with Gasteiger partial charge in [0.2, 0.25) is 11.8 Å². The van der Waals surface area contributed by atoms with Crippen molar-refractivity contribution in [3.8, 4) is 11.4 Å². The number of rotatable bonds is 8. The fourth-order valence-corrected chi connectivity index (χ4v) is 6.60. The van der Waals surface area contributed by atoms with E-state index in [1.54, 1.807) is 47.7 Å². The number of hydrogen-bond donors (Lipinski definition) is 2. The van der Waals surface area contributed by atoms with Crippen molar-refractivity contribution in [2.45, 2.75) is 39.3 Å². The molecule has 6 rings (SSSR count). The highest BCUT2D eigenvalue weighted by atomic mass is 19.4. The first-order valence-electron chi connectivity index (χ1n) is 17.7. The number of nitrogens with one attached hydrogen (secondary N) is 1. The third-order valence-electron chi connectivity index (χ3n) is 9.54. The van der Waals surface area contributed by atoms with Crippen molar-refractivity contribution in [2.75, 3.05) is 50.7 Å². The number of hydrazone groups is 1. The van der Waals surface area contributed by atoms with Crippen LogP contribution in [0.25, 0.3) is 11.4 Å². The van der Waals surface area contributed by atoms with Crippen LogP contribution in [-0.4, -0.2) is 89.3 Å². The molecule has 10 nitrogen and oxygen atoms in total. The maximum absolute atomic E-state index is 14.7. The highest BCUT2D eigenvalue weighted by molar-refractivity contribution is 6.12. The van der Waals surface area contributed by atoms with Gasteiger partial charge in [0.1, 0.15) is 5.82 Å². The molecule has 2 aromatic carbocycles. The van der Waals surface area contributed by atoms with Crippen LogP contribution in [0.5, 0.6) is 0 Å². The number of piperazine rings is 1. The summed E-state index contributed by atoms with van der Waals surface area (Å²) in [5, 5.41) is 6.40. The summed E-state index contributed by atoms with van der Waals surface area (Å²) in [5.41, 5.74) is 1.11. The highest BCUT2D eigenvalue weighted by Crippen LogP contribution is 2.46. The topological polar surface area (TPSA) is 120 Å². The Morgan fingerprint density at radius 2 is 1.62 bits per heavy atom. The number of likely N-dealkylation sites (tertiary alicyclic amines) is 1. The fourth-order valence-electron chi connectivity index (χ4n) is 6.60. The smallest absolute Gasteiger partial charge is 0.368 e. The van der Waals surface area contributed by atoms with Crippen molar-refractivity contribution in [3.63, 3.8) is 0 Å². The van der Waals surface area contributed by atoms with Crippen molar-refractivity contribution in [1.29, 1.82) is 0 Å². The lowest BCUT2D eigenvalue weighted by Gasteiger charge is -2.37. The van der Waals surface area contributed by atoms with E-state index in [-0.39, 0.29) is 31.8 Å². The molecule has 2 saturated heterocycles. The molecule has 3 N–H and O–H groups in total. The van der Waals surface area contributed by atoms with Crippen LogP contribution in [0.2, 0.25) is 0 Å². The van der Waals surface area contributed by atoms with Crippen LogP contribution in [0.4, 0.5) is 23.2 Å². The summed E-state index contributed by atoms with van der Waals surface area (Å²) < 4.78 is 57.5. The quantitative estimate of drug-likeness (QED) is 0.129. The second kappa shape index (κ2) is 17.4. The number of amides is 2. The highest BCUT2D eigenvalue weighted by Gasteiger charge is 2.63. The van der Waals surface area contributed by atoms with E-state index < -0.39 is 36.3 Å². The predicted octanol–water partition coefficient (Wildman–Crippen LogP) is 5.85. The zero-order valence-corrected chi connectivity index (χ0v) is 29.8. The molecule has 3 aliphatic rings. The summed E-state index contributed by atoms with van der Waals surface area (Å²) in [5.74, 6) is 4.44. The molecule has 1 aromatic heterocycles. The molecule has 0 spiro atoms. The first kappa shape index (κ1) is 38.9. The largest absolute Gasteiger partial charge is 0.404 e. The molecule has 53 heavy (non-hydrogen) atoms. The lowest BCUT2D eigenvalue weighted by molar-refractivity contribution is -0.217. The van der Waals surface area contributed by atoms with Crippen molar-refractivity contribution in [1.82, 2.24) is 25.1 Å². The SMILES string of the molecule is CC.N/N=C(\C1=C\C=CC/C(NC(=O)C2(C(F)(F)F)CCN(CC(=O)N3CCN(c4ccc(-c5ncccn5)cc4)CC3)C2)=C\C1)c1ccc(F)cc1. The van der Waals surface area contributed by atoms with Gasteiger partial charge < -0.3 is 21.0 Å². The van der Waals surface area contributed by atoms with E-state index >= 15 is 0 Å². The van der Waals surface area contributed by atoms with E-state index in [0.717, 1.165) is 11.3 Å². The molecule has 0 saturated carbocycles. The van der Waals surface area contributed by atoms with E-state index in [9.17, 15) is 27.2 Å². The summed E-state index contributed by atoms with van der Waals surface area (Å²) in [6.45, 7) is 5.13. The van der Waals surface area contributed by atoms with E-state index in [1.807, 2.05) is 38.1 Å². The Balaban J connectivity index is 0.00000266. The average molecular weight is 733 g/mol. The monoisotopic (exact) mass is 732 g/mol. The second-order valence-electron chi connectivity index (χ2n) is 12.7. The van der Waals surface area contributed by atoms with Gasteiger partial charge in [0.25, 0.3) is 0 Å². The number of carbonyl (C=O) groups is 2. The van der Waals surface area contributed by atoms with Gasteiger partial charge in [-0.15, -0.1) is 0 Å². The van der Waals surface area contributed by atoms with Gasteiger partial charge in [-0.25, -0.2) is 14.4 Å². The zero-order valence-electron chi connectivity index (χ0n) is 29.8. The maximum Gasteiger partial charge on any atom is 0.404 e. The molecular weight excluding hydrogens is 688 g/mol. The normalized spacial score (nSPS) is 21.7. The fraction of sp³-hybridized carbons (Fsp3) is 0.359. The molecule has 3 heterocycles. The summed E-state index contributed by atoms with van der Waals surface area (Å²) >= 11 is 0. The average Bonchev–Trinajstić information content (AvgIpc) is 3.61. The first-order valence-corrected chi connectivity index (χ1v) is 17.7. The third-order valence-corrected chi connectivity index (χ3v) is 9.54. The number of hydrogen-bond acceptors (Lipinski definition) is 8. The Morgan fingerprint density at radius 1 is 0.943 bits per heavy atom. The molecule has 3 aromatic rings. The van der Waals surface area contributed by atoms with Gasteiger partial charge in [-0.2, -0.15) is 18.3 Å². The van der Waals surface area contributed by atoms with Crippen LogP contribution in [0.15, 0.2) is 108 Å². The van der Waals surface area contributed by atoms with E-state index in [4.69, 9.17) is 5.84 Å². The molecule has 0 radical (unpaired) electrons. The lowest BCUT2D eigenvalue weighted by atomic mass is 9.85. The molecule has 2 aliphatic heterocycles. The minimum atomic E-state index is -4.84. The Bertz CT molecular complexity index is 1840.